The van der Waals surface area contributed by atoms with Crippen LogP contribution in [0.2, 0.25) is 0 Å². The normalized spacial score (nSPS) is 11.3. The monoisotopic (exact) mass is 530 g/mol. The van der Waals surface area contributed by atoms with E-state index in [1.165, 1.54) is 0 Å². The SMILES string of the molecule is O=P(O)(O)O.O=P(O)(O)O.O=P(O)(O)O.O=P(O)(O)O.O=P(O)(O)O.[KH]. The Morgan fingerprint density at radius 3 is 0.269 bits per heavy atom. The molecule has 20 nitrogen and oxygen atoms in total. The van der Waals surface area contributed by atoms with Crippen LogP contribution in [0.5, 0.6) is 0 Å². The quantitative estimate of drug-likeness (QED) is 0.103. The van der Waals surface area contributed by atoms with E-state index in [1.54, 1.807) is 0 Å². The van der Waals surface area contributed by atoms with E-state index in [2.05, 4.69) is 0 Å². The van der Waals surface area contributed by atoms with E-state index in [1.807, 2.05) is 0 Å². The molecule has 0 heterocycles. The average Bonchev–Trinajstić information content (AvgIpc) is 1.79. The molecule has 0 aromatic carbocycles. The van der Waals surface area contributed by atoms with Crippen LogP contribution >= 0.6 is 39.1 Å². The third kappa shape index (κ3) is 3480. The van der Waals surface area contributed by atoms with E-state index in [0.29, 0.717) is 0 Å². The van der Waals surface area contributed by atoms with Gasteiger partial charge in [-0.3, -0.25) is 0 Å². The first-order chi connectivity index (χ1) is 10.0. The molecule has 0 amide bonds. The summed E-state index contributed by atoms with van der Waals surface area (Å²) in [5.41, 5.74) is 0. The zero-order valence-corrected chi connectivity index (χ0v) is 15.5. The van der Waals surface area contributed by atoms with E-state index in [4.69, 9.17) is 96.2 Å². The van der Waals surface area contributed by atoms with Crippen molar-refractivity contribution in [1.82, 2.24) is 0 Å². The van der Waals surface area contributed by atoms with Gasteiger partial charge in [0.1, 0.15) is 0 Å². The molecule has 0 unspecified atom stereocenters. The number of rotatable bonds is 0. The molecule has 0 aromatic heterocycles. The third-order valence-electron chi connectivity index (χ3n) is 0. The van der Waals surface area contributed by atoms with Crippen LogP contribution in [0.25, 0.3) is 0 Å². The van der Waals surface area contributed by atoms with Crippen LogP contribution in [0.3, 0.4) is 0 Å². The minimum absolute atomic E-state index is 0. The van der Waals surface area contributed by atoms with Crippen LogP contribution in [-0.4, -0.2) is 125 Å². The molecule has 162 valence electrons. The topological polar surface area (TPSA) is 389 Å². The van der Waals surface area contributed by atoms with Gasteiger partial charge in [0, 0.05) is 0 Å². The van der Waals surface area contributed by atoms with Gasteiger partial charge in [0.15, 0.2) is 0 Å². The van der Waals surface area contributed by atoms with Crippen LogP contribution in [0.4, 0.5) is 0 Å². The van der Waals surface area contributed by atoms with Crippen molar-refractivity contribution in [2.24, 2.45) is 0 Å². The van der Waals surface area contributed by atoms with Crippen LogP contribution < -0.4 is 0 Å². The third-order valence-corrected chi connectivity index (χ3v) is 0. The summed E-state index contributed by atoms with van der Waals surface area (Å²) in [5, 5.41) is 0. The number of hydrogen-bond acceptors (Lipinski definition) is 5. The summed E-state index contributed by atoms with van der Waals surface area (Å²) in [6.45, 7) is 0. The Labute approximate surface area is 185 Å². The van der Waals surface area contributed by atoms with Crippen molar-refractivity contribution in [3.63, 3.8) is 0 Å². The first-order valence-electron chi connectivity index (χ1n) is 3.91. The average molecular weight is 530 g/mol. The van der Waals surface area contributed by atoms with E-state index >= 15 is 0 Å². The Balaban J connectivity index is -0.0000000476. The Bertz CT molecular complexity index is 371. The van der Waals surface area contributed by atoms with Crippen LogP contribution in [0, 0.1) is 0 Å². The second-order valence-electron chi connectivity index (χ2n) is 2.57. The first-order valence-corrected chi connectivity index (χ1v) is 11.7. The number of hydrogen-bond donors (Lipinski definition) is 15. The molecule has 0 aliphatic carbocycles. The Morgan fingerprint density at radius 1 is 0.269 bits per heavy atom. The molecule has 0 radical (unpaired) electrons. The van der Waals surface area contributed by atoms with Crippen LogP contribution in [-0.2, 0) is 22.8 Å². The standard InChI is InChI=1S/K.5H3O4P.H/c;5*1-5(2,3)4;/h;5*(H3,1,2,3,4);. The summed E-state index contributed by atoms with van der Waals surface area (Å²) in [6.07, 6.45) is 0. The Kier molecular flexibility index (Phi) is 29.3. The molecule has 0 aliphatic rings. The molecule has 0 saturated carbocycles. The fourth-order valence-electron chi connectivity index (χ4n) is 0. The number of phosphoric acid groups is 5. The molecule has 26 heavy (non-hydrogen) atoms. The zero-order valence-electron chi connectivity index (χ0n) is 11.0. The summed E-state index contributed by atoms with van der Waals surface area (Å²) in [5.74, 6) is 0. The minimum atomic E-state index is -4.64. The predicted octanol–water partition coefficient (Wildman–Crippen LogP) is -5.29. The van der Waals surface area contributed by atoms with Gasteiger partial charge in [0.25, 0.3) is 0 Å². The van der Waals surface area contributed by atoms with E-state index < -0.39 is 39.1 Å². The van der Waals surface area contributed by atoms with Crippen LogP contribution in [0.15, 0.2) is 0 Å². The summed E-state index contributed by atoms with van der Waals surface area (Å²) in [6, 6.07) is 0. The van der Waals surface area contributed by atoms with Gasteiger partial charge < -0.3 is 73.4 Å². The zero-order chi connectivity index (χ0) is 22.5. The van der Waals surface area contributed by atoms with E-state index in [9.17, 15) is 0 Å². The van der Waals surface area contributed by atoms with Crippen molar-refractivity contribution in [2.75, 3.05) is 0 Å². The fraction of sp³-hybridized carbons (Fsp3) is 0. The summed E-state index contributed by atoms with van der Waals surface area (Å²) >= 11 is 0. The first kappa shape index (κ1) is 42.3. The van der Waals surface area contributed by atoms with Crippen LogP contribution in [0.1, 0.15) is 0 Å². The molecule has 0 rings (SSSR count). The molecular weight excluding hydrogens is 514 g/mol. The molecule has 15 N–H and O–H groups in total. The molecule has 0 aliphatic heterocycles. The fourth-order valence-corrected chi connectivity index (χ4v) is 0. The molecule has 26 heteroatoms. The maximum absolute atomic E-state index is 8.88. The summed E-state index contributed by atoms with van der Waals surface area (Å²) in [7, 11) is -23.2. The van der Waals surface area contributed by atoms with Gasteiger partial charge >= 0.3 is 90.5 Å². The van der Waals surface area contributed by atoms with Gasteiger partial charge in [-0.2, -0.15) is 0 Å². The van der Waals surface area contributed by atoms with Crippen molar-refractivity contribution in [2.45, 2.75) is 0 Å². The van der Waals surface area contributed by atoms with Crippen molar-refractivity contribution in [1.29, 1.82) is 0 Å². The second kappa shape index (κ2) is 18.0. The Morgan fingerprint density at radius 2 is 0.269 bits per heavy atom. The van der Waals surface area contributed by atoms with Gasteiger partial charge in [0.2, 0.25) is 0 Å². The predicted molar refractivity (Wildman–Crippen MR) is 78.5 cm³/mol. The van der Waals surface area contributed by atoms with Gasteiger partial charge in [-0.25, -0.2) is 22.8 Å². The van der Waals surface area contributed by atoms with Gasteiger partial charge in [-0.1, -0.05) is 0 Å². The molecule has 0 aromatic rings. The summed E-state index contributed by atoms with van der Waals surface area (Å²) in [4.78, 5) is 108. The summed E-state index contributed by atoms with van der Waals surface area (Å²) < 4.78 is 44.4. The van der Waals surface area contributed by atoms with Crippen molar-refractivity contribution >= 4 is 90.5 Å². The molecular formula is H16KO20P5. The molecule has 0 atom stereocenters. The molecule has 0 spiro atoms. The molecule has 0 fully saturated rings. The van der Waals surface area contributed by atoms with Gasteiger partial charge in [-0.15, -0.1) is 0 Å². The maximum atomic E-state index is 8.88. The van der Waals surface area contributed by atoms with Gasteiger partial charge in [-0.05, 0) is 0 Å². The van der Waals surface area contributed by atoms with E-state index in [-0.39, 0.29) is 51.4 Å². The molecule has 0 saturated heterocycles. The van der Waals surface area contributed by atoms with Crippen molar-refractivity contribution in [3.05, 3.63) is 0 Å². The van der Waals surface area contributed by atoms with E-state index in [0.717, 1.165) is 0 Å². The van der Waals surface area contributed by atoms with Crippen molar-refractivity contribution < 1.29 is 96.2 Å². The van der Waals surface area contributed by atoms with Crippen molar-refractivity contribution in [3.8, 4) is 0 Å². The molecule has 0 bridgehead atoms. The second-order valence-corrected chi connectivity index (χ2v) is 7.70. The van der Waals surface area contributed by atoms with Gasteiger partial charge in [0.05, 0.1) is 0 Å². The Hall–Kier alpha value is 2.19.